The number of thioether (sulfide) groups is 1. The summed E-state index contributed by atoms with van der Waals surface area (Å²) in [4.78, 5) is 29.6. The molecule has 0 aliphatic heterocycles. The van der Waals surface area contributed by atoms with E-state index in [0.29, 0.717) is 18.0 Å². The lowest BCUT2D eigenvalue weighted by atomic mass is 10.0. The molecular formula is C27H28BrClN2O2S. The first-order chi connectivity index (χ1) is 16.3. The van der Waals surface area contributed by atoms with Crippen LogP contribution in [-0.2, 0) is 22.6 Å². The topological polar surface area (TPSA) is 49.4 Å². The molecule has 0 aromatic heterocycles. The van der Waals surface area contributed by atoms with Crippen molar-refractivity contribution in [1.82, 2.24) is 10.2 Å². The maximum Gasteiger partial charge on any atom is 0.243 e. The molecule has 1 atom stereocenters. The summed E-state index contributed by atoms with van der Waals surface area (Å²) < 4.78 is 0.930. The van der Waals surface area contributed by atoms with Crippen molar-refractivity contribution in [3.05, 3.63) is 99.5 Å². The molecular weight excluding hydrogens is 532 g/mol. The molecule has 3 aromatic carbocycles. The van der Waals surface area contributed by atoms with Crippen LogP contribution >= 0.6 is 39.3 Å². The normalized spacial score (nSPS) is 11.8. The molecule has 0 saturated carbocycles. The van der Waals surface area contributed by atoms with Gasteiger partial charge >= 0.3 is 0 Å². The van der Waals surface area contributed by atoms with Crippen LogP contribution in [0.5, 0.6) is 0 Å². The molecule has 34 heavy (non-hydrogen) atoms. The molecule has 2 amide bonds. The Balaban J connectivity index is 1.90. The molecule has 3 aromatic rings. The van der Waals surface area contributed by atoms with Crippen molar-refractivity contribution in [3.8, 4) is 0 Å². The molecule has 0 radical (unpaired) electrons. The maximum absolute atomic E-state index is 13.6. The Labute approximate surface area is 219 Å². The Morgan fingerprint density at radius 1 is 0.971 bits per heavy atom. The fourth-order valence-electron chi connectivity index (χ4n) is 3.53. The second-order valence-corrected chi connectivity index (χ2v) is 10.7. The quantitative estimate of drug-likeness (QED) is 0.294. The van der Waals surface area contributed by atoms with Crippen LogP contribution in [0.2, 0.25) is 5.02 Å². The number of nitrogens with one attached hydrogen (secondary N) is 1. The van der Waals surface area contributed by atoms with Gasteiger partial charge in [-0.3, -0.25) is 9.59 Å². The van der Waals surface area contributed by atoms with Crippen molar-refractivity contribution >= 4 is 51.1 Å². The summed E-state index contributed by atoms with van der Waals surface area (Å²) in [5.41, 5.74) is 1.96. The number of rotatable bonds is 10. The van der Waals surface area contributed by atoms with Crippen molar-refractivity contribution in [2.75, 3.05) is 5.75 Å². The lowest BCUT2D eigenvalue weighted by Gasteiger charge is -2.32. The Bertz CT molecular complexity index is 1090. The second-order valence-electron chi connectivity index (χ2n) is 8.26. The van der Waals surface area contributed by atoms with Gasteiger partial charge < -0.3 is 10.2 Å². The Hall–Kier alpha value is -2.28. The fraction of sp³-hybridized carbons (Fsp3) is 0.259. The highest BCUT2D eigenvalue weighted by Crippen LogP contribution is 2.23. The zero-order valence-corrected chi connectivity index (χ0v) is 22.4. The van der Waals surface area contributed by atoms with Crippen LogP contribution in [0.3, 0.4) is 0 Å². The van der Waals surface area contributed by atoms with Gasteiger partial charge in [0.1, 0.15) is 6.04 Å². The third kappa shape index (κ3) is 8.19. The molecule has 0 aliphatic rings. The van der Waals surface area contributed by atoms with E-state index in [2.05, 4.69) is 21.2 Å². The first-order valence-electron chi connectivity index (χ1n) is 11.1. The van der Waals surface area contributed by atoms with Gasteiger partial charge in [0.2, 0.25) is 11.8 Å². The van der Waals surface area contributed by atoms with Crippen LogP contribution in [-0.4, -0.2) is 34.6 Å². The highest BCUT2D eigenvalue weighted by atomic mass is 79.9. The third-order valence-corrected chi connectivity index (χ3v) is 6.86. The molecule has 0 saturated heterocycles. The average molecular weight is 560 g/mol. The minimum atomic E-state index is -0.637. The first-order valence-corrected chi connectivity index (χ1v) is 13.2. The smallest absolute Gasteiger partial charge is 0.243 e. The van der Waals surface area contributed by atoms with Crippen molar-refractivity contribution in [2.45, 2.75) is 43.8 Å². The van der Waals surface area contributed by atoms with Gasteiger partial charge in [0.25, 0.3) is 0 Å². The SMILES string of the molecule is CC(C)NC(=O)C(Cc1ccccc1)N(Cc1cccc(Br)c1)C(=O)CSc1ccc(Cl)cc1. The summed E-state index contributed by atoms with van der Waals surface area (Å²) in [5.74, 6) is -0.0333. The van der Waals surface area contributed by atoms with Gasteiger partial charge in [0, 0.05) is 33.4 Å². The zero-order chi connectivity index (χ0) is 24.5. The number of amides is 2. The molecule has 0 fully saturated rings. The zero-order valence-electron chi connectivity index (χ0n) is 19.2. The minimum Gasteiger partial charge on any atom is -0.352 e. The highest BCUT2D eigenvalue weighted by molar-refractivity contribution is 9.10. The molecule has 0 aliphatic carbocycles. The maximum atomic E-state index is 13.6. The third-order valence-electron chi connectivity index (χ3n) is 5.12. The Kier molecular flexibility index (Phi) is 10.1. The van der Waals surface area contributed by atoms with Crippen molar-refractivity contribution < 1.29 is 9.59 Å². The van der Waals surface area contributed by atoms with Gasteiger partial charge in [-0.15, -0.1) is 11.8 Å². The van der Waals surface area contributed by atoms with E-state index in [1.165, 1.54) is 11.8 Å². The van der Waals surface area contributed by atoms with Crippen LogP contribution in [0.4, 0.5) is 0 Å². The Morgan fingerprint density at radius 2 is 1.65 bits per heavy atom. The number of carbonyl (C=O) groups is 2. The lowest BCUT2D eigenvalue weighted by molar-refractivity contribution is -0.139. The standard InChI is InChI=1S/C27H28BrClN2O2S/c1-19(2)30-27(33)25(16-20-7-4-3-5-8-20)31(17-21-9-6-10-22(28)15-21)26(32)18-34-24-13-11-23(29)12-14-24/h3-15,19,25H,16-18H2,1-2H3,(H,30,33). The summed E-state index contributed by atoms with van der Waals surface area (Å²) >= 11 is 10.9. The van der Waals surface area contributed by atoms with Crippen LogP contribution < -0.4 is 5.32 Å². The molecule has 0 spiro atoms. The van der Waals surface area contributed by atoms with E-state index >= 15 is 0 Å². The summed E-state index contributed by atoms with van der Waals surface area (Å²) in [6.45, 7) is 4.19. The van der Waals surface area contributed by atoms with Crippen LogP contribution in [0.15, 0.2) is 88.2 Å². The largest absolute Gasteiger partial charge is 0.352 e. The molecule has 178 valence electrons. The minimum absolute atomic E-state index is 0.0305. The van der Waals surface area contributed by atoms with Crippen molar-refractivity contribution in [2.24, 2.45) is 0 Å². The van der Waals surface area contributed by atoms with E-state index < -0.39 is 6.04 Å². The van der Waals surface area contributed by atoms with E-state index in [4.69, 9.17) is 11.6 Å². The number of carbonyl (C=O) groups excluding carboxylic acids is 2. The van der Waals surface area contributed by atoms with Gasteiger partial charge in [-0.2, -0.15) is 0 Å². The number of halogens is 2. The summed E-state index contributed by atoms with van der Waals surface area (Å²) in [5, 5.41) is 3.67. The van der Waals surface area contributed by atoms with Crippen LogP contribution in [0.1, 0.15) is 25.0 Å². The van der Waals surface area contributed by atoms with Crippen molar-refractivity contribution in [1.29, 1.82) is 0 Å². The predicted molar refractivity (Wildman–Crippen MR) is 144 cm³/mol. The molecule has 3 rings (SSSR count). The van der Waals surface area contributed by atoms with Gasteiger partial charge in [-0.1, -0.05) is 70.0 Å². The number of hydrogen-bond acceptors (Lipinski definition) is 3. The monoisotopic (exact) mass is 558 g/mol. The fourth-order valence-corrected chi connectivity index (χ4v) is 4.88. The molecule has 0 bridgehead atoms. The molecule has 7 heteroatoms. The predicted octanol–water partition coefficient (Wildman–Crippen LogP) is 6.36. The first kappa shape index (κ1) is 26.3. The number of nitrogens with zero attached hydrogens (tertiary/aromatic N) is 1. The molecule has 4 nitrogen and oxygen atoms in total. The van der Waals surface area contributed by atoms with Gasteiger partial charge in [0.05, 0.1) is 5.75 Å². The van der Waals surface area contributed by atoms with E-state index in [1.54, 1.807) is 4.90 Å². The van der Waals surface area contributed by atoms with E-state index in [1.807, 2.05) is 92.7 Å². The van der Waals surface area contributed by atoms with Gasteiger partial charge in [-0.05, 0) is 61.4 Å². The van der Waals surface area contributed by atoms with E-state index in [0.717, 1.165) is 20.5 Å². The van der Waals surface area contributed by atoms with Crippen molar-refractivity contribution in [3.63, 3.8) is 0 Å². The van der Waals surface area contributed by atoms with E-state index in [9.17, 15) is 9.59 Å². The summed E-state index contributed by atoms with van der Waals surface area (Å²) in [6, 6.07) is 24.4. The van der Waals surface area contributed by atoms with Crippen LogP contribution in [0, 0.1) is 0 Å². The molecule has 1 N–H and O–H groups in total. The average Bonchev–Trinajstić information content (AvgIpc) is 2.81. The molecule has 0 heterocycles. The van der Waals surface area contributed by atoms with Gasteiger partial charge in [0.15, 0.2) is 0 Å². The highest BCUT2D eigenvalue weighted by Gasteiger charge is 2.30. The summed E-state index contributed by atoms with van der Waals surface area (Å²) in [6.07, 6.45) is 0.435. The number of benzene rings is 3. The second kappa shape index (κ2) is 13.0. The lowest BCUT2D eigenvalue weighted by Crippen LogP contribution is -2.52. The van der Waals surface area contributed by atoms with Gasteiger partial charge in [-0.25, -0.2) is 0 Å². The van der Waals surface area contributed by atoms with E-state index in [-0.39, 0.29) is 23.6 Å². The number of hydrogen-bond donors (Lipinski definition) is 1. The summed E-state index contributed by atoms with van der Waals surface area (Å²) in [7, 11) is 0. The molecule has 1 unspecified atom stereocenters. The van der Waals surface area contributed by atoms with Crippen LogP contribution in [0.25, 0.3) is 0 Å². The Morgan fingerprint density at radius 3 is 2.29 bits per heavy atom.